The van der Waals surface area contributed by atoms with Gasteiger partial charge in [-0.05, 0) is 30.2 Å². The van der Waals surface area contributed by atoms with E-state index >= 15 is 0 Å². The molecule has 2 N–H and O–H groups in total. The van der Waals surface area contributed by atoms with Gasteiger partial charge in [0.15, 0.2) is 0 Å². The second-order valence-corrected chi connectivity index (χ2v) is 9.02. The van der Waals surface area contributed by atoms with Gasteiger partial charge in [0.05, 0.1) is 0 Å². The third-order valence-corrected chi connectivity index (χ3v) is 6.15. The third-order valence-electron chi connectivity index (χ3n) is 6.15. The quantitative estimate of drug-likeness (QED) is 0.0625. The summed E-state index contributed by atoms with van der Waals surface area (Å²) in [6.45, 7) is 2.10. The van der Waals surface area contributed by atoms with Crippen molar-refractivity contribution in [2.45, 2.75) is 70.8 Å². The molecule has 0 saturated carbocycles. The van der Waals surface area contributed by atoms with Crippen LogP contribution in [0.3, 0.4) is 0 Å². The molecule has 0 aliphatic heterocycles. The number of aromatic nitrogens is 1. The first-order chi connectivity index (χ1) is 18.1. The zero-order valence-electron chi connectivity index (χ0n) is 20.7. The number of unbranched alkanes of at least 4 members (excludes halogenated alkanes) is 6. The Bertz CT molecular complexity index is 1260. The number of fused-ring (bicyclic) bond motifs is 1. The highest BCUT2D eigenvalue weighted by Gasteiger charge is 2.32. The van der Waals surface area contributed by atoms with Gasteiger partial charge in [-0.3, -0.25) is 4.79 Å². The fourth-order valence-electron chi connectivity index (χ4n) is 4.10. The lowest BCUT2D eigenvalue weighted by Crippen LogP contribution is -2.44. The molecule has 1 unspecified atom stereocenters. The summed E-state index contributed by atoms with van der Waals surface area (Å²) in [6.07, 6.45) is 7.87. The van der Waals surface area contributed by atoms with Crippen LogP contribution in [0.5, 0.6) is 5.75 Å². The molecule has 38 heavy (non-hydrogen) atoms. The van der Waals surface area contributed by atoms with Crippen LogP contribution in [0.15, 0.2) is 24.4 Å². The van der Waals surface area contributed by atoms with Gasteiger partial charge in [0, 0.05) is 29.9 Å². The van der Waals surface area contributed by atoms with Crippen molar-refractivity contribution in [3.63, 3.8) is 0 Å². The van der Waals surface area contributed by atoms with Gasteiger partial charge in [0.1, 0.15) is 11.9 Å². The molecule has 1 atom stereocenters. The number of rotatable bonds is 13. The molecule has 11 heteroatoms. The molecule has 3 rings (SSSR count). The van der Waals surface area contributed by atoms with E-state index in [1.807, 2.05) is 0 Å². The van der Waals surface area contributed by atoms with E-state index in [1.165, 1.54) is 24.4 Å². The highest BCUT2D eigenvalue weighted by atomic mass is 19.2. The molecular weight excluding hydrogens is 514 g/mol. The lowest BCUT2D eigenvalue weighted by atomic mass is 10.0. The zero-order chi connectivity index (χ0) is 27.8. The van der Waals surface area contributed by atoms with Crippen molar-refractivity contribution in [2.24, 2.45) is 0 Å². The Morgan fingerprint density at radius 2 is 1.47 bits per heavy atom. The van der Waals surface area contributed by atoms with Crippen LogP contribution < -0.4 is 10.1 Å². The van der Waals surface area contributed by atoms with Crippen LogP contribution in [0.25, 0.3) is 10.9 Å². The van der Waals surface area contributed by atoms with Crippen molar-refractivity contribution in [1.29, 1.82) is 0 Å². The van der Waals surface area contributed by atoms with Crippen molar-refractivity contribution in [2.75, 3.05) is 0 Å². The van der Waals surface area contributed by atoms with Crippen molar-refractivity contribution in [3.8, 4) is 5.75 Å². The lowest BCUT2D eigenvalue weighted by molar-refractivity contribution is -0.139. The van der Waals surface area contributed by atoms with E-state index in [0.717, 1.165) is 38.5 Å². The number of hydrogen-bond donors (Lipinski definition) is 2. The molecule has 0 spiro atoms. The molecule has 1 amide bonds. The Labute approximate surface area is 215 Å². The van der Waals surface area contributed by atoms with Crippen LogP contribution in [-0.4, -0.2) is 22.9 Å². The van der Waals surface area contributed by atoms with E-state index < -0.39 is 58.6 Å². The van der Waals surface area contributed by atoms with Crippen LogP contribution in [-0.2, 0) is 16.0 Å². The monoisotopic (exact) mass is 542 g/mol. The van der Waals surface area contributed by atoms with Crippen molar-refractivity contribution >= 4 is 22.8 Å². The average molecular weight is 543 g/mol. The smallest absolute Gasteiger partial charge is 0.334 e. The Balaban J connectivity index is 1.77. The summed E-state index contributed by atoms with van der Waals surface area (Å²) >= 11 is 0. The summed E-state index contributed by atoms with van der Waals surface area (Å²) in [5.74, 6) is -15.8. The molecule has 2 aromatic carbocycles. The number of nitrogens with one attached hydrogen (secondary N) is 2. The lowest BCUT2D eigenvalue weighted by Gasteiger charge is -2.18. The Morgan fingerprint density at radius 3 is 2.13 bits per heavy atom. The average Bonchev–Trinajstić information content (AvgIpc) is 3.29. The molecule has 3 aromatic rings. The molecule has 0 aliphatic rings. The number of esters is 1. The Hall–Kier alpha value is -3.50. The maximum Gasteiger partial charge on any atom is 0.334 e. The van der Waals surface area contributed by atoms with Crippen molar-refractivity contribution in [3.05, 3.63) is 64.9 Å². The third kappa shape index (κ3) is 7.08. The van der Waals surface area contributed by atoms with Gasteiger partial charge in [0.25, 0.3) is 0 Å². The molecule has 0 bridgehead atoms. The number of ether oxygens (including phenoxy) is 1. The maximum atomic E-state index is 14.1. The number of halogens is 6. The van der Waals surface area contributed by atoms with Crippen LogP contribution in [0.2, 0.25) is 0 Å². The molecule has 1 aromatic heterocycles. The zero-order valence-corrected chi connectivity index (χ0v) is 20.7. The summed E-state index contributed by atoms with van der Waals surface area (Å²) < 4.78 is 86.9. The van der Waals surface area contributed by atoms with Crippen LogP contribution in [0, 0.1) is 34.9 Å². The largest absolute Gasteiger partial charge is 0.418 e. The van der Waals surface area contributed by atoms with E-state index in [-0.39, 0.29) is 12.8 Å². The number of H-pyrrole nitrogens is 1. The SMILES string of the molecule is CCCCCCCCCC(=O)NC(Cc1c[nH]c2cc(F)ccc12)C(=O)Oc1c(F)c(F)c(F)c(F)c1F. The van der Waals surface area contributed by atoms with E-state index in [9.17, 15) is 35.9 Å². The van der Waals surface area contributed by atoms with E-state index in [1.54, 1.807) is 0 Å². The molecule has 0 saturated heterocycles. The number of amides is 1. The summed E-state index contributed by atoms with van der Waals surface area (Å²) in [6, 6.07) is 2.29. The molecule has 0 aliphatic carbocycles. The van der Waals surface area contributed by atoms with E-state index in [4.69, 9.17) is 0 Å². The number of aromatic amines is 1. The highest BCUT2D eigenvalue weighted by Crippen LogP contribution is 2.30. The van der Waals surface area contributed by atoms with Crippen LogP contribution >= 0.6 is 0 Å². The minimum absolute atomic E-state index is 0.0547. The number of hydrogen-bond acceptors (Lipinski definition) is 3. The van der Waals surface area contributed by atoms with Gasteiger partial charge in [-0.2, -0.15) is 8.78 Å². The predicted octanol–water partition coefficient (Wildman–Crippen LogP) is 6.78. The van der Waals surface area contributed by atoms with Crippen molar-refractivity contribution < 1.29 is 40.7 Å². The normalized spacial score (nSPS) is 12.1. The maximum absolute atomic E-state index is 14.1. The first-order valence-electron chi connectivity index (χ1n) is 12.4. The Morgan fingerprint density at radius 1 is 0.868 bits per heavy atom. The topological polar surface area (TPSA) is 71.2 Å². The molecule has 1 heterocycles. The second kappa shape index (κ2) is 13.3. The van der Waals surface area contributed by atoms with Gasteiger partial charge in [-0.25, -0.2) is 22.4 Å². The minimum Gasteiger partial charge on any atom is -0.418 e. The van der Waals surface area contributed by atoms with Gasteiger partial charge < -0.3 is 15.0 Å². The molecule has 206 valence electrons. The predicted molar refractivity (Wildman–Crippen MR) is 128 cm³/mol. The number of benzene rings is 2. The van der Waals surface area contributed by atoms with Gasteiger partial charge in [-0.15, -0.1) is 0 Å². The summed E-state index contributed by atoms with van der Waals surface area (Å²) in [7, 11) is 0. The Kier molecular flexibility index (Phi) is 10.2. The van der Waals surface area contributed by atoms with E-state index in [0.29, 0.717) is 22.9 Å². The molecule has 0 radical (unpaired) electrons. The molecule has 0 fully saturated rings. The first kappa shape index (κ1) is 29.1. The standard InChI is InChI=1S/C27H28F6N2O3/c1-2-3-4-5-6-7-8-9-20(36)35-19(12-15-14-34-18-13-16(28)10-11-17(15)18)27(37)38-26-24(32)22(30)21(29)23(31)25(26)33/h10-11,13-14,19,34H,2-9,12H2,1H3,(H,35,36). The highest BCUT2D eigenvalue weighted by molar-refractivity contribution is 5.88. The van der Waals surface area contributed by atoms with Crippen LogP contribution in [0.1, 0.15) is 63.9 Å². The number of carbonyl (C=O) groups is 2. The molecular formula is C27H28F6N2O3. The summed E-state index contributed by atoms with van der Waals surface area (Å²) in [4.78, 5) is 28.3. The number of carbonyl (C=O) groups excluding carboxylic acids is 2. The van der Waals surface area contributed by atoms with Gasteiger partial charge >= 0.3 is 5.97 Å². The van der Waals surface area contributed by atoms with Gasteiger partial charge in [0.2, 0.25) is 40.7 Å². The van der Waals surface area contributed by atoms with Crippen molar-refractivity contribution in [1.82, 2.24) is 10.3 Å². The van der Waals surface area contributed by atoms with E-state index in [2.05, 4.69) is 22.0 Å². The summed E-state index contributed by atoms with van der Waals surface area (Å²) in [5.41, 5.74) is 0.817. The van der Waals surface area contributed by atoms with Crippen LogP contribution in [0.4, 0.5) is 26.3 Å². The minimum atomic E-state index is -2.40. The van der Waals surface area contributed by atoms with Gasteiger partial charge in [-0.1, -0.05) is 45.4 Å². The fraction of sp³-hybridized carbons (Fsp3) is 0.407. The molecule has 5 nitrogen and oxygen atoms in total. The first-order valence-corrected chi connectivity index (χ1v) is 12.4. The second-order valence-electron chi connectivity index (χ2n) is 9.02. The fourth-order valence-corrected chi connectivity index (χ4v) is 4.10. The summed E-state index contributed by atoms with van der Waals surface area (Å²) in [5, 5.41) is 2.94.